The van der Waals surface area contributed by atoms with E-state index in [1.165, 1.54) is 144 Å². The summed E-state index contributed by atoms with van der Waals surface area (Å²) in [6.07, 6.45) is 0. The van der Waals surface area contributed by atoms with Gasteiger partial charge in [-0.15, -0.1) is 0 Å². The van der Waals surface area contributed by atoms with Crippen LogP contribution in [0.15, 0.2) is 158 Å². The van der Waals surface area contributed by atoms with Crippen LogP contribution in [0.4, 0.5) is 34.1 Å². The fraction of sp³-hybridized carbons (Fsp3) is 0.212. The molecule has 0 radical (unpaired) electrons. The maximum absolute atomic E-state index is 2.59. The average Bonchev–Trinajstić information content (AvgIpc) is 3.32. The molecular weight excluding hydrogens is 821 g/mol. The van der Waals surface area contributed by atoms with E-state index in [0.717, 1.165) is 0 Å². The second-order valence-corrected chi connectivity index (χ2v) is 20.2. The Morgan fingerprint density at radius 3 is 1.00 bits per heavy atom. The largest absolute Gasteiger partial charge is 0.309 e. The predicted octanol–water partition coefficient (Wildman–Crippen LogP) is 19.6. The van der Waals surface area contributed by atoms with Gasteiger partial charge in [0.15, 0.2) is 0 Å². The van der Waals surface area contributed by atoms with Crippen molar-refractivity contribution in [2.75, 3.05) is 9.80 Å². The monoisotopic (exact) mass is 885 g/mol. The minimum Gasteiger partial charge on any atom is -0.309 e. The standard InChI is InChI=1S/C66H64N2/c1-39(2)57-37-63(67(59-33-41(5)21-23-45(59)9)61-35-49(27-25-47(61)11)51-19-15-13-17-43(51)7)55-32-30-54-58(40(3)4)38-64(56-31-29-53(57)65(55)66(54)56)68(60-34-42(6)22-24-46(60)10)62-36-50(28-26-48(62)12)52-20-16-14-18-44(52)8/h13-40H,1-12H3. The lowest BCUT2D eigenvalue weighted by Crippen LogP contribution is -2.15. The molecule has 338 valence electrons. The van der Waals surface area contributed by atoms with Crippen LogP contribution in [-0.2, 0) is 0 Å². The lowest BCUT2D eigenvalue weighted by atomic mass is 9.83. The summed E-state index contributed by atoms with van der Waals surface area (Å²) in [4.78, 5) is 5.18. The van der Waals surface area contributed by atoms with Crippen LogP contribution in [0.3, 0.4) is 0 Å². The van der Waals surface area contributed by atoms with E-state index in [1.54, 1.807) is 0 Å². The van der Waals surface area contributed by atoms with Crippen molar-refractivity contribution in [3.05, 3.63) is 213 Å². The predicted molar refractivity (Wildman–Crippen MR) is 296 cm³/mol. The first-order valence-corrected chi connectivity index (χ1v) is 24.6. The molecular formula is C66H64N2. The Morgan fingerprint density at radius 2 is 0.632 bits per heavy atom. The van der Waals surface area contributed by atoms with E-state index in [4.69, 9.17) is 0 Å². The lowest BCUT2D eigenvalue weighted by Gasteiger charge is -2.34. The number of hydrogen-bond donors (Lipinski definition) is 0. The van der Waals surface area contributed by atoms with Crippen LogP contribution in [0.25, 0.3) is 54.6 Å². The fourth-order valence-electron chi connectivity index (χ4n) is 10.9. The molecule has 0 heterocycles. The third-order valence-electron chi connectivity index (χ3n) is 14.7. The van der Waals surface area contributed by atoms with Gasteiger partial charge >= 0.3 is 0 Å². The molecule has 0 aliphatic carbocycles. The Labute approximate surface area is 404 Å². The molecule has 0 saturated heterocycles. The zero-order valence-electron chi connectivity index (χ0n) is 42.1. The van der Waals surface area contributed by atoms with E-state index in [2.05, 4.69) is 251 Å². The SMILES string of the molecule is Cc1ccc(C)c(N(c2cc(-c3ccccc3C)ccc2C)c2cc(C(C)C)c3ccc4c(N(c5cc(C)ccc5C)c5cc(-c6ccccc6C)ccc5C)cc(C(C)C)c5ccc2c3c54)c1. The van der Waals surface area contributed by atoms with E-state index in [0.29, 0.717) is 0 Å². The average molecular weight is 885 g/mol. The normalized spacial score (nSPS) is 11.8. The van der Waals surface area contributed by atoms with Crippen molar-refractivity contribution in [1.82, 2.24) is 0 Å². The van der Waals surface area contributed by atoms with Gasteiger partial charge in [0.2, 0.25) is 0 Å². The number of nitrogens with zero attached hydrogens (tertiary/aromatic N) is 2. The summed E-state index contributed by atoms with van der Waals surface area (Å²) in [5.74, 6) is 0.556. The van der Waals surface area contributed by atoms with Gasteiger partial charge in [-0.1, -0.05) is 149 Å². The van der Waals surface area contributed by atoms with Crippen molar-refractivity contribution in [3.63, 3.8) is 0 Å². The summed E-state index contributed by atoms with van der Waals surface area (Å²) < 4.78 is 0. The molecule has 68 heavy (non-hydrogen) atoms. The molecule has 10 rings (SSSR count). The highest BCUT2D eigenvalue weighted by Gasteiger charge is 2.28. The van der Waals surface area contributed by atoms with E-state index in [9.17, 15) is 0 Å². The smallest absolute Gasteiger partial charge is 0.0543 e. The summed E-state index contributed by atoms with van der Waals surface area (Å²) in [6, 6.07) is 60.2. The van der Waals surface area contributed by atoms with Gasteiger partial charge in [-0.3, -0.25) is 0 Å². The Kier molecular flexibility index (Phi) is 11.5. The van der Waals surface area contributed by atoms with Gasteiger partial charge in [0.25, 0.3) is 0 Å². The highest BCUT2D eigenvalue weighted by Crippen LogP contribution is 2.53. The van der Waals surface area contributed by atoms with E-state index in [-0.39, 0.29) is 11.8 Å². The van der Waals surface area contributed by atoms with Crippen molar-refractivity contribution in [1.29, 1.82) is 0 Å². The molecule has 0 N–H and O–H groups in total. The van der Waals surface area contributed by atoms with E-state index >= 15 is 0 Å². The highest BCUT2D eigenvalue weighted by atomic mass is 15.2. The molecule has 10 aromatic rings. The molecule has 0 bridgehead atoms. The topological polar surface area (TPSA) is 6.48 Å². The van der Waals surface area contributed by atoms with Crippen LogP contribution < -0.4 is 9.80 Å². The summed E-state index contributed by atoms with van der Waals surface area (Å²) >= 11 is 0. The Hall–Kier alpha value is -7.16. The Balaban J connectivity index is 1.34. The quantitative estimate of drug-likeness (QED) is 0.126. The molecule has 2 nitrogen and oxygen atoms in total. The van der Waals surface area contributed by atoms with Crippen LogP contribution in [0.1, 0.15) is 95.2 Å². The molecule has 0 aliphatic rings. The summed E-state index contributed by atoms with van der Waals surface area (Å²) in [5.41, 5.74) is 24.9. The summed E-state index contributed by atoms with van der Waals surface area (Å²) in [6.45, 7) is 27.4. The fourth-order valence-corrected chi connectivity index (χ4v) is 10.9. The van der Waals surface area contributed by atoms with Gasteiger partial charge < -0.3 is 9.80 Å². The highest BCUT2D eigenvalue weighted by molar-refractivity contribution is 6.29. The third-order valence-corrected chi connectivity index (χ3v) is 14.7. The summed E-state index contributed by atoms with van der Waals surface area (Å²) in [5, 5.41) is 7.83. The molecule has 0 fully saturated rings. The molecule has 2 heteroatoms. The van der Waals surface area contributed by atoms with Gasteiger partial charge in [0.05, 0.1) is 11.4 Å². The van der Waals surface area contributed by atoms with Gasteiger partial charge in [-0.2, -0.15) is 0 Å². The second kappa shape index (κ2) is 17.5. The number of hydrogen-bond acceptors (Lipinski definition) is 2. The van der Waals surface area contributed by atoms with Crippen molar-refractivity contribution in [2.24, 2.45) is 0 Å². The molecule has 0 aromatic heterocycles. The molecule has 0 saturated carbocycles. The molecule has 0 spiro atoms. The minimum absolute atomic E-state index is 0.278. The van der Waals surface area contributed by atoms with Gasteiger partial charge in [-0.05, 0) is 203 Å². The number of aryl methyl sites for hydroxylation is 8. The third kappa shape index (κ3) is 7.61. The van der Waals surface area contributed by atoms with Crippen LogP contribution in [-0.4, -0.2) is 0 Å². The maximum atomic E-state index is 2.59. The Bertz CT molecular complexity index is 3330. The van der Waals surface area contributed by atoms with Gasteiger partial charge in [-0.25, -0.2) is 0 Å². The maximum Gasteiger partial charge on any atom is 0.0543 e. The van der Waals surface area contributed by atoms with E-state index < -0.39 is 0 Å². The molecule has 0 amide bonds. The van der Waals surface area contributed by atoms with E-state index in [1.807, 2.05) is 0 Å². The molecule has 0 aliphatic heterocycles. The number of rotatable bonds is 10. The zero-order chi connectivity index (χ0) is 47.7. The second-order valence-electron chi connectivity index (χ2n) is 20.2. The van der Waals surface area contributed by atoms with Crippen LogP contribution in [0.5, 0.6) is 0 Å². The minimum atomic E-state index is 0.278. The first kappa shape index (κ1) is 44.7. The van der Waals surface area contributed by atoms with Crippen LogP contribution >= 0.6 is 0 Å². The Morgan fingerprint density at radius 1 is 0.294 bits per heavy atom. The molecule has 0 unspecified atom stereocenters. The van der Waals surface area contributed by atoms with Crippen molar-refractivity contribution in [2.45, 2.75) is 94.9 Å². The van der Waals surface area contributed by atoms with Gasteiger partial charge in [0.1, 0.15) is 0 Å². The van der Waals surface area contributed by atoms with Crippen molar-refractivity contribution in [3.8, 4) is 22.3 Å². The van der Waals surface area contributed by atoms with Crippen LogP contribution in [0.2, 0.25) is 0 Å². The first-order chi connectivity index (χ1) is 32.7. The first-order valence-electron chi connectivity index (χ1n) is 24.6. The summed E-state index contributed by atoms with van der Waals surface area (Å²) in [7, 11) is 0. The van der Waals surface area contributed by atoms with Crippen LogP contribution in [0, 0.1) is 55.4 Å². The van der Waals surface area contributed by atoms with Crippen molar-refractivity contribution >= 4 is 66.4 Å². The number of benzene rings is 10. The molecule has 10 aromatic carbocycles. The zero-order valence-corrected chi connectivity index (χ0v) is 42.1. The van der Waals surface area contributed by atoms with Crippen molar-refractivity contribution < 1.29 is 0 Å². The van der Waals surface area contributed by atoms with Gasteiger partial charge in [0, 0.05) is 33.5 Å². The number of anilines is 6. The lowest BCUT2D eigenvalue weighted by molar-refractivity contribution is 0.875. The molecule has 0 atom stereocenters.